The summed E-state index contributed by atoms with van der Waals surface area (Å²) >= 11 is 0. The summed E-state index contributed by atoms with van der Waals surface area (Å²) in [4.78, 5) is 24.7. The summed E-state index contributed by atoms with van der Waals surface area (Å²) < 4.78 is 30.5. The monoisotopic (exact) mass is 541 g/mol. The molecule has 0 heterocycles. The Morgan fingerprint density at radius 1 is 0.900 bits per heavy atom. The van der Waals surface area contributed by atoms with E-state index in [1.807, 2.05) is 48.5 Å². The van der Waals surface area contributed by atoms with E-state index in [2.05, 4.69) is 5.32 Å². The number of amides is 1. The largest absolute Gasteiger partial charge is 0.496 e. The zero-order valence-corrected chi connectivity index (χ0v) is 21.8. The number of nitrogens with one attached hydrogen (secondary N) is 1. The lowest BCUT2D eigenvalue weighted by Crippen LogP contribution is -2.42. The van der Waals surface area contributed by atoms with Gasteiger partial charge in [-0.25, -0.2) is 14.0 Å². The molecule has 7 nitrogen and oxygen atoms in total. The molecule has 0 saturated carbocycles. The summed E-state index contributed by atoms with van der Waals surface area (Å²) in [6.45, 7) is 0.0851. The van der Waals surface area contributed by atoms with Crippen LogP contribution in [-0.4, -0.2) is 36.9 Å². The van der Waals surface area contributed by atoms with Gasteiger partial charge in [0.25, 0.3) is 0 Å². The minimum atomic E-state index is -1.23. The normalized spacial score (nSPS) is 12.7. The number of methoxy groups -OCH3 is 1. The molecule has 0 bridgehead atoms. The topological polar surface area (TPSA) is 94.1 Å². The first-order valence-corrected chi connectivity index (χ1v) is 12.8. The number of carbonyl (C=O) groups is 2. The lowest BCUT2D eigenvalue weighted by molar-refractivity contribution is -0.139. The highest BCUT2D eigenvalue weighted by Crippen LogP contribution is 2.44. The number of hydrogen-bond acceptors (Lipinski definition) is 5. The Bertz CT molecular complexity index is 1490. The Morgan fingerprint density at radius 2 is 1.55 bits per heavy atom. The van der Waals surface area contributed by atoms with Crippen LogP contribution < -0.4 is 14.8 Å². The van der Waals surface area contributed by atoms with E-state index in [0.717, 1.165) is 22.3 Å². The molecule has 0 fully saturated rings. The summed E-state index contributed by atoms with van der Waals surface area (Å²) in [5, 5.41) is 12.3. The number of carbonyl (C=O) groups excluding carboxylic acids is 1. The molecule has 8 heteroatoms. The van der Waals surface area contributed by atoms with Gasteiger partial charge < -0.3 is 24.6 Å². The molecule has 1 aliphatic rings. The standard InChI is InChI=1S/C32H28FNO6/c1-38-29-15-14-20(16-21(29)18-39-30-13-7-6-12-27(30)33)17-28(31(35)36)34-32(37)40-19-26-24-10-4-2-8-22(24)23-9-3-5-11-25(23)26/h2-16,26,28H,17-19H2,1H3,(H,34,37)(H,35,36). The Hall–Kier alpha value is -4.85. The van der Waals surface area contributed by atoms with Crippen LogP contribution in [0.5, 0.6) is 11.5 Å². The van der Waals surface area contributed by atoms with Crippen molar-refractivity contribution in [3.63, 3.8) is 0 Å². The molecule has 1 amide bonds. The van der Waals surface area contributed by atoms with E-state index in [-0.39, 0.29) is 31.3 Å². The van der Waals surface area contributed by atoms with Crippen LogP contribution in [0.25, 0.3) is 11.1 Å². The van der Waals surface area contributed by atoms with Crippen LogP contribution in [-0.2, 0) is 22.6 Å². The lowest BCUT2D eigenvalue weighted by Gasteiger charge is -2.18. The quantitative estimate of drug-likeness (QED) is 0.258. The summed E-state index contributed by atoms with van der Waals surface area (Å²) in [5.74, 6) is -1.23. The van der Waals surface area contributed by atoms with Gasteiger partial charge in [0.1, 0.15) is 25.0 Å². The van der Waals surface area contributed by atoms with Crippen LogP contribution in [0.1, 0.15) is 28.2 Å². The van der Waals surface area contributed by atoms with Crippen molar-refractivity contribution in [1.82, 2.24) is 5.32 Å². The van der Waals surface area contributed by atoms with E-state index in [1.54, 1.807) is 30.3 Å². The Balaban J connectivity index is 1.24. The second-order valence-corrected chi connectivity index (χ2v) is 9.43. The SMILES string of the molecule is COc1ccc(CC(NC(=O)OCC2c3ccccc3-c3ccccc32)C(=O)O)cc1COc1ccccc1F. The highest BCUT2D eigenvalue weighted by molar-refractivity contribution is 5.81. The third-order valence-electron chi connectivity index (χ3n) is 6.94. The predicted molar refractivity (Wildman–Crippen MR) is 147 cm³/mol. The lowest BCUT2D eigenvalue weighted by atomic mass is 9.98. The molecular weight excluding hydrogens is 513 g/mol. The third kappa shape index (κ3) is 5.76. The van der Waals surface area contributed by atoms with Crippen molar-refractivity contribution in [3.05, 3.63) is 119 Å². The highest BCUT2D eigenvalue weighted by Gasteiger charge is 2.30. The smallest absolute Gasteiger partial charge is 0.407 e. The van der Waals surface area contributed by atoms with Gasteiger partial charge in [0.15, 0.2) is 11.6 Å². The fourth-order valence-electron chi connectivity index (χ4n) is 5.01. The van der Waals surface area contributed by atoms with Crippen molar-refractivity contribution in [2.24, 2.45) is 0 Å². The fraction of sp³-hybridized carbons (Fsp3) is 0.188. The third-order valence-corrected chi connectivity index (χ3v) is 6.94. The molecule has 4 aromatic rings. The molecule has 4 aromatic carbocycles. The number of fused-ring (bicyclic) bond motifs is 3. The zero-order valence-electron chi connectivity index (χ0n) is 21.8. The molecule has 5 rings (SSSR count). The molecule has 1 unspecified atom stereocenters. The van der Waals surface area contributed by atoms with Crippen LogP contribution in [0.2, 0.25) is 0 Å². The number of rotatable bonds is 10. The van der Waals surface area contributed by atoms with Crippen molar-refractivity contribution < 1.29 is 33.3 Å². The average molecular weight is 542 g/mol. The first-order chi connectivity index (χ1) is 19.4. The van der Waals surface area contributed by atoms with Crippen LogP contribution in [0.3, 0.4) is 0 Å². The van der Waals surface area contributed by atoms with Crippen LogP contribution in [0, 0.1) is 5.82 Å². The fourth-order valence-corrected chi connectivity index (χ4v) is 5.01. The minimum Gasteiger partial charge on any atom is -0.496 e. The van der Waals surface area contributed by atoms with E-state index >= 15 is 0 Å². The second-order valence-electron chi connectivity index (χ2n) is 9.43. The Kier molecular flexibility index (Phi) is 7.96. The molecule has 0 aromatic heterocycles. The predicted octanol–water partition coefficient (Wildman–Crippen LogP) is 5.95. The van der Waals surface area contributed by atoms with Crippen molar-refractivity contribution in [2.45, 2.75) is 25.0 Å². The number of carboxylic acids is 1. The van der Waals surface area contributed by atoms with Gasteiger partial charge in [0.05, 0.1) is 7.11 Å². The summed E-state index contributed by atoms with van der Waals surface area (Å²) in [7, 11) is 1.50. The molecule has 40 heavy (non-hydrogen) atoms. The van der Waals surface area contributed by atoms with Crippen molar-refractivity contribution >= 4 is 12.1 Å². The van der Waals surface area contributed by atoms with Crippen molar-refractivity contribution in [2.75, 3.05) is 13.7 Å². The summed E-state index contributed by atoms with van der Waals surface area (Å²) in [5.41, 5.74) is 5.56. The van der Waals surface area contributed by atoms with Gasteiger partial charge in [-0.15, -0.1) is 0 Å². The van der Waals surface area contributed by atoms with Gasteiger partial charge in [0.2, 0.25) is 0 Å². The van der Waals surface area contributed by atoms with E-state index in [4.69, 9.17) is 14.2 Å². The number of aliphatic carboxylic acids is 1. The average Bonchev–Trinajstić information content (AvgIpc) is 3.29. The molecule has 1 atom stereocenters. The van der Waals surface area contributed by atoms with Crippen LogP contribution >= 0.6 is 0 Å². The number of para-hydroxylation sites is 1. The van der Waals surface area contributed by atoms with E-state index in [9.17, 15) is 19.1 Å². The Labute approximate surface area is 231 Å². The van der Waals surface area contributed by atoms with Crippen LogP contribution in [0.4, 0.5) is 9.18 Å². The molecule has 0 radical (unpaired) electrons. The summed E-state index contributed by atoms with van der Waals surface area (Å²) in [6.07, 6.45) is -0.818. The van der Waals surface area contributed by atoms with E-state index in [0.29, 0.717) is 16.9 Å². The van der Waals surface area contributed by atoms with E-state index in [1.165, 1.54) is 19.2 Å². The number of benzene rings is 4. The number of carboxylic acid groups (broad SMARTS) is 1. The maximum absolute atomic E-state index is 14.0. The first-order valence-electron chi connectivity index (χ1n) is 12.8. The molecule has 0 saturated heterocycles. The molecule has 0 aliphatic heterocycles. The highest BCUT2D eigenvalue weighted by atomic mass is 19.1. The van der Waals surface area contributed by atoms with Crippen LogP contribution in [0.15, 0.2) is 91.0 Å². The maximum atomic E-state index is 14.0. The van der Waals surface area contributed by atoms with Gasteiger partial charge in [-0.2, -0.15) is 0 Å². The minimum absolute atomic E-state index is 0.00375. The van der Waals surface area contributed by atoms with Gasteiger partial charge in [-0.1, -0.05) is 66.7 Å². The molecule has 0 spiro atoms. The van der Waals surface area contributed by atoms with Gasteiger partial charge in [-0.05, 0) is 52.1 Å². The first kappa shape index (κ1) is 26.7. The Morgan fingerprint density at radius 3 is 2.20 bits per heavy atom. The maximum Gasteiger partial charge on any atom is 0.407 e. The van der Waals surface area contributed by atoms with Gasteiger partial charge >= 0.3 is 12.1 Å². The summed E-state index contributed by atoms with van der Waals surface area (Å²) in [6, 6.07) is 25.9. The van der Waals surface area contributed by atoms with Gasteiger partial charge in [-0.3, -0.25) is 0 Å². The van der Waals surface area contributed by atoms with Crippen molar-refractivity contribution in [1.29, 1.82) is 0 Å². The number of alkyl carbamates (subject to hydrolysis) is 1. The molecule has 1 aliphatic carbocycles. The zero-order chi connectivity index (χ0) is 28.1. The molecule has 204 valence electrons. The van der Waals surface area contributed by atoms with Crippen molar-refractivity contribution in [3.8, 4) is 22.6 Å². The number of ether oxygens (including phenoxy) is 3. The van der Waals surface area contributed by atoms with Gasteiger partial charge in [0, 0.05) is 17.9 Å². The van der Waals surface area contributed by atoms with E-state index < -0.39 is 23.9 Å². The number of hydrogen-bond donors (Lipinski definition) is 2. The molecular formula is C32H28FNO6. The number of halogens is 1. The molecule has 2 N–H and O–H groups in total. The second kappa shape index (κ2) is 11.9.